The molecule has 4 nitrogen and oxygen atoms in total. The molecule has 2 aliphatic heterocycles. The number of benzene rings is 3. The lowest BCUT2D eigenvalue weighted by Crippen LogP contribution is -2.23. The zero-order chi connectivity index (χ0) is 16.8. The van der Waals surface area contributed by atoms with E-state index in [0.29, 0.717) is 18.0 Å². The molecule has 0 atom stereocenters. The summed E-state index contributed by atoms with van der Waals surface area (Å²) >= 11 is 0. The number of hydrogen-bond acceptors (Lipinski definition) is 3. The molecule has 0 N–H and O–H groups in total. The molecule has 5 rings (SSSR count). The normalized spacial score (nSPS) is 14.7. The van der Waals surface area contributed by atoms with E-state index in [4.69, 9.17) is 9.47 Å². The van der Waals surface area contributed by atoms with E-state index in [-0.39, 0.29) is 12.7 Å². The van der Waals surface area contributed by atoms with Gasteiger partial charge in [-0.25, -0.2) is 0 Å². The van der Waals surface area contributed by atoms with Gasteiger partial charge in [-0.15, -0.1) is 0 Å². The molecule has 3 aromatic carbocycles. The summed E-state index contributed by atoms with van der Waals surface area (Å²) in [5.74, 6) is 1.44. The van der Waals surface area contributed by atoms with Gasteiger partial charge in [0.1, 0.15) is 0 Å². The third-order valence-electron chi connectivity index (χ3n) is 4.69. The Morgan fingerprint density at radius 2 is 1.64 bits per heavy atom. The molecule has 1 amide bonds. The Balaban J connectivity index is 1.70. The summed E-state index contributed by atoms with van der Waals surface area (Å²) in [5, 5.41) is 0. The van der Waals surface area contributed by atoms with Crippen molar-refractivity contribution in [2.45, 2.75) is 6.54 Å². The maximum atomic E-state index is 12.9. The quantitative estimate of drug-likeness (QED) is 0.706. The number of hydrogen-bond donors (Lipinski definition) is 0. The zero-order valence-corrected chi connectivity index (χ0v) is 13.4. The van der Waals surface area contributed by atoms with Crippen LogP contribution < -0.4 is 14.4 Å². The fourth-order valence-electron chi connectivity index (χ4n) is 3.52. The van der Waals surface area contributed by atoms with Crippen LogP contribution in [0.1, 0.15) is 15.9 Å². The smallest absolute Gasteiger partial charge is 0.258 e. The lowest BCUT2D eigenvalue weighted by Gasteiger charge is -2.21. The second kappa shape index (κ2) is 5.38. The molecule has 0 aliphatic carbocycles. The van der Waals surface area contributed by atoms with E-state index in [0.717, 1.165) is 27.9 Å². The van der Waals surface area contributed by atoms with E-state index in [1.165, 1.54) is 0 Å². The lowest BCUT2D eigenvalue weighted by molar-refractivity contribution is 0.0996. The number of carbonyl (C=O) groups is 1. The summed E-state index contributed by atoms with van der Waals surface area (Å²) in [4.78, 5) is 14.7. The van der Waals surface area contributed by atoms with Crippen molar-refractivity contribution in [2.75, 3.05) is 11.7 Å². The highest BCUT2D eigenvalue weighted by atomic mass is 16.7. The molecule has 0 saturated carbocycles. The van der Waals surface area contributed by atoms with E-state index in [2.05, 4.69) is 0 Å². The van der Waals surface area contributed by atoms with Gasteiger partial charge < -0.3 is 14.4 Å². The van der Waals surface area contributed by atoms with Crippen LogP contribution >= 0.6 is 0 Å². The van der Waals surface area contributed by atoms with Crippen molar-refractivity contribution >= 4 is 11.6 Å². The third-order valence-corrected chi connectivity index (χ3v) is 4.69. The Labute approximate surface area is 145 Å². The first kappa shape index (κ1) is 14.1. The fraction of sp³-hybridized carbons (Fsp3) is 0.0952. The van der Waals surface area contributed by atoms with Gasteiger partial charge in [-0.1, -0.05) is 48.5 Å². The second-order valence-corrected chi connectivity index (χ2v) is 6.11. The standard InChI is InChI=1S/C21H15NO3/c23-21-16-9-5-4-8-15(16)12-22(21)17-10-11-18-20(25-13-24-18)19(17)14-6-2-1-3-7-14/h1-11H,12-13H2. The van der Waals surface area contributed by atoms with Crippen molar-refractivity contribution in [3.8, 4) is 22.6 Å². The van der Waals surface area contributed by atoms with E-state index >= 15 is 0 Å². The van der Waals surface area contributed by atoms with Crippen molar-refractivity contribution in [3.05, 3.63) is 77.9 Å². The van der Waals surface area contributed by atoms with E-state index in [1.807, 2.05) is 71.6 Å². The largest absolute Gasteiger partial charge is 0.454 e. The Kier molecular flexibility index (Phi) is 3.04. The van der Waals surface area contributed by atoms with Gasteiger partial charge in [-0.2, -0.15) is 0 Å². The van der Waals surface area contributed by atoms with E-state index in [1.54, 1.807) is 0 Å². The first-order valence-corrected chi connectivity index (χ1v) is 8.21. The molecule has 0 unspecified atom stereocenters. The van der Waals surface area contributed by atoms with Gasteiger partial charge in [-0.3, -0.25) is 4.79 Å². The van der Waals surface area contributed by atoms with Crippen molar-refractivity contribution < 1.29 is 14.3 Å². The van der Waals surface area contributed by atoms with Crippen molar-refractivity contribution in [3.63, 3.8) is 0 Å². The molecule has 3 aromatic rings. The number of carbonyl (C=O) groups excluding carboxylic acids is 1. The SMILES string of the molecule is O=C1c2ccccc2CN1c1ccc2c(c1-c1ccccc1)OCO2. The molecule has 2 heterocycles. The molecule has 0 spiro atoms. The van der Waals surface area contributed by atoms with Crippen LogP contribution in [0.5, 0.6) is 11.5 Å². The summed E-state index contributed by atoms with van der Waals surface area (Å²) in [7, 11) is 0. The number of fused-ring (bicyclic) bond motifs is 2. The van der Waals surface area contributed by atoms with Gasteiger partial charge in [0.2, 0.25) is 6.79 Å². The predicted molar refractivity (Wildman–Crippen MR) is 95.0 cm³/mol. The molecule has 0 fully saturated rings. The summed E-state index contributed by atoms with van der Waals surface area (Å²) < 4.78 is 11.3. The van der Waals surface area contributed by atoms with Crippen LogP contribution in [0.3, 0.4) is 0 Å². The molecule has 122 valence electrons. The van der Waals surface area contributed by atoms with Crippen molar-refractivity contribution in [1.29, 1.82) is 0 Å². The average molecular weight is 329 g/mol. The zero-order valence-electron chi connectivity index (χ0n) is 13.4. The van der Waals surface area contributed by atoms with Crippen LogP contribution in [0.4, 0.5) is 5.69 Å². The van der Waals surface area contributed by atoms with E-state index < -0.39 is 0 Å². The topological polar surface area (TPSA) is 38.8 Å². The van der Waals surface area contributed by atoms with Crippen LogP contribution in [0.25, 0.3) is 11.1 Å². The Hall–Kier alpha value is -3.27. The molecule has 0 bridgehead atoms. The molecule has 2 aliphatic rings. The number of nitrogens with zero attached hydrogens (tertiary/aromatic N) is 1. The van der Waals surface area contributed by atoms with Gasteiger partial charge in [0.05, 0.1) is 17.8 Å². The highest BCUT2D eigenvalue weighted by Gasteiger charge is 2.32. The summed E-state index contributed by atoms with van der Waals surface area (Å²) in [5.41, 5.74) is 4.56. The fourth-order valence-corrected chi connectivity index (χ4v) is 3.52. The number of amides is 1. The average Bonchev–Trinajstić information content (AvgIpc) is 3.26. The first-order chi connectivity index (χ1) is 12.3. The van der Waals surface area contributed by atoms with Gasteiger partial charge in [0.15, 0.2) is 11.5 Å². The van der Waals surface area contributed by atoms with Crippen molar-refractivity contribution in [1.82, 2.24) is 0 Å². The third kappa shape index (κ3) is 2.11. The van der Waals surface area contributed by atoms with E-state index in [9.17, 15) is 4.79 Å². The molecule has 0 radical (unpaired) electrons. The lowest BCUT2D eigenvalue weighted by atomic mass is 10.0. The Morgan fingerprint density at radius 3 is 2.48 bits per heavy atom. The predicted octanol–water partition coefficient (Wildman–Crippen LogP) is 4.24. The monoisotopic (exact) mass is 329 g/mol. The number of rotatable bonds is 2. The van der Waals surface area contributed by atoms with Gasteiger partial charge in [-0.05, 0) is 29.3 Å². The summed E-state index contributed by atoms with van der Waals surface area (Å²) in [6.07, 6.45) is 0. The molecule has 4 heteroatoms. The first-order valence-electron chi connectivity index (χ1n) is 8.21. The van der Waals surface area contributed by atoms with Crippen molar-refractivity contribution in [2.24, 2.45) is 0 Å². The molecule has 0 aromatic heterocycles. The van der Waals surface area contributed by atoms with Crippen LogP contribution in [-0.4, -0.2) is 12.7 Å². The molecule has 25 heavy (non-hydrogen) atoms. The maximum absolute atomic E-state index is 12.9. The highest BCUT2D eigenvalue weighted by Crippen LogP contribution is 2.48. The highest BCUT2D eigenvalue weighted by molar-refractivity contribution is 6.12. The summed E-state index contributed by atoms with van der Waals surface area (Å²) in [6.45, 7) is 0.765. The van der Waals surface area contributed by atoms with Gasteiger partial charge in [0, 0.05) is 5.56 Å². The minimum absolute atomic E-state index is 0.0200. The summed E-state index contributed by atoms with van der Waals surface area (Å²) in [6, 6.07) is 21.5. The van der Waals surface area contributed by atoms with Crippen LogP contribution in [0.15, 0.2) is 66.7 Å². The Morgan fingerprint density at radius 1 is 0.840 bits per heavy atom. The Bertz CT molecular complexity index is 982. The molecular formula is C21H15NO3. The second-order valence-electron chi connectivity index (χ2n) is 6.11. The maximum Gasteiger partial charge on any atom is 0.258 e. The van der Waals surface area contributed by atoms with Crippen LogP contribution in [0.2, 0.25) is 0 Å². The number of ether oxygens (including phenoxy) is 2. The minimum atomic E-state index is 0.0200. The number of anilines is 1. The van der Waals surface area contributed by atoms with Crippen LogP contribution in [-0.2, 0) is 6.54 Å². The van der Waals surface area contributed by atoms with Gasteiger partial charge >= 0.3 is 0 Å². The molecule has 0 saturated heterocycles. The van der Waals surface area contributed by atoms with Crippen LogP contribution in [0, 0.1) is 0 Å². The van der Waals surface area contributed by atoms with Gasteiger partial charge in [0.25, 0.3) is 5.91 Å². The molecular weight excluding hydrogens is 314 g/mol. The minimum Gasteiger partial charge on any atom is -0.454 e.